The van der Waals surface area contributed by atoms with Crippen molar-refractivity contribution < 1.29 is 0 Å². The molecule has 0 aromatic heterocycles. The summed E-state index contributed by atoms with van der Waals surface area (Å²) >= 11 is 0. The summed E-state index contributed by atoms with van der Waals surface area (Å²) in [5, 5.41) is 0.539. The van der Waals surface area contributed by atoms with E-state index < -0.39 is 0 Å². The van der Waals surface area contributed by atoms with Gasteiger partial charge in [0.2, 0.25) is 0 Å². The SMILES string of the molecule is CCCCCCCCCCCCCCCC(P)(CC)CC. The molecule has 0 saturated heterocycles. The highest BCUT2D eigenvalue weighted by Gasteiger charge is 2.18. The zero-order valence-corrected chi connectivity index (χ0v) is 16.5. The van der Waals surface area contributed by atoms with Crippen LogP contribution in [0, 0.1) is 0 Å². The molecule has 0 saturated carbocycles. The van der Waals surface area contributed by atoms with Gasteiger partial charge in [-0.1, -0.05) is 104 Å². The highest BCUT2D eigenvalue weighted by atomic mass is 31.0. The van der Waals surface area contributed by atoms with E-state index in [2.05, 4.69) is 30.0 Å². The van der Waals surface area contributed by atoms with Gasteiger partial charge in [-0.3, -0.25) is 0 Å². The molecule has 1 atom stereocenters. The maximum atomic E-state index is 3.11. The molecule has 0 rings (SSSR count). The van der Waals surface area contributed by atoms with Gasteiger partial charge in [0.15, 0.2) is 0 Å². The van der Waals surface area contributed by atoms with E-state index >= 15 is 0 Å². The van der Waals surface area contributed by atoms with Crippen molar-refractivity contribution in [3.63, 3.8) is 0 Å². The van der Waals surface area contributed by atoms with Crippen molar-refractivity contribution in [2.75, 3.05) is 0 Å². The molecular formula is C20H43P. The number of unbranched alkanes of at least 4 members (excludes halogenated alkanes) is 12. The molecule has 21 heavy (non-hydrogen) atoms. The minimum Gasteiger partial charge on any atom is -0.131 e. The third kappa shape index (κ3) is 13.8. The largest absolute Gasteiger partial charge is 0.131 e. The molecule has 0 nitrogen and oxygen atoms in total. The molecule has 0 N–H and O–H groups in total. The Kier molecular flexibility index (Phi) is 15.6. The first kappa shape index (κ1) is 21.4. The molecule has 0 aromatic carbocycles. The molecule has 0 bridgehead atoms. The summed E-state index contributed by atoms with van der Waals surface area (Å²) in [6, 6.07) is 0. The Morgan fingerprint density at radius 3 is 1.19 bits per heavy atom. The van der Waals surface area contributed by atoms with Crippen LogP contribution >= 0.6 is 9.24 Å². The zero-order chi connectivity index (χ0) is 15.8. The Labute approximate surface area is 138 Å². The molecule has 0 radical (unpaired) electrons. The van der Waals surface area contributed by atoms with Gasteiger partial charge in [0.1, 0.15) is 0 Å². The van der Waals surface area contributed by atoms with Crippen molar-refractivity contribution in [3.05, 3.63) is 0 Å². The van der Waals surface area contributed by atoms with Crippen LogP contribution in [0.2, 0.25) is 0 Å². The first-order valence-corrected chi connectivity index (χ1v) is 10.5. The molecule has 0 spiro atoms. The Hall–Kier alpha value is 0.430. The van der Waals surface area contributed by atoms with Crippen LogP contribution in [0.1, 0.15) is 124 Å². The second-order valence-electron chi connectivity index (χ2n) is 7.06. The average molecular weight is 315 g/mol. The summed E-state index contributed by atoms with van der Waals surface area (Å²) in [6.45, 7) is 6.96. The third-order valence-corrected chi connectivity index (χ3v) is 6.29. The topological polar surface area (TPSA) is 0 Å². The standard InChI is InChI=1S/C20H43P/c1-4-7-8-9-10-11-12-13-14-15-16-17-18-19-20(21,5-2)6-3/h4-19,21H2,1-3H3. The van der Waals surface area contributed by atoms with Crippen LogP contribution in [0.3, 0.4) is 0 Å². The van der Waals surface area contributed by atoms with Gasteiger partial charge < -0.3 is 0 Å². The maximum Gasteiger partial charge on any atom is -0.0155 e. The highest BCUT2D eigenvalue weighted by Crippen LogP contribution is 2.32. The van der Waals surface area contributed by atoms with Crippen molar-refractivity contribution in [3.8, 4) is 0 Å². The molecule has 1 heteroatoms. The van der Waals surface area contributed by atoms with E-state index in [-0.39, 0.29) is 0 Å². The Balaban J connectivity index is 3.16. The van der Waals surface area contributed by atoms with Crippen molar-refractivity contribution in [2.24, 2.45) is 0 Å². The fourth-order valence-electron chi connectivity index (χ4n) is 3.10. The third-order valence-electron chi connectivity index (χ3n) is 5.19. The van der Waals surface area contributed by atoms with Gasteiger partial charge in [-0.05, 0) is 24.4 Å². The predicted octanol–water partition coefficient (Wildman–Crippen LogP) is 7.90. The summed E-state index contributed by atoms with van der Waals surface area (Å²) in [7, 11) is 3.11. The van der Waals surface area contributed by atoms with Crippen LogP contribution in [-0.2, 0) is 0 Å². The average Bonchev–Trinajstić information content (AvgIpc) is 2.51. The minimum atomic E-state index is 0.539. The van der Waals surface area contributed by atoms with Crippen LogP contribution in [0.4, 0.5) is 0 Å². The Morgan fingerprint density at radius 1 is 0.524 bits per heavy atom. The van der Waals surface area contributed by atoms with E-state index in [1.807, 2.05) is 0 Å². The van der Waals surface area contributed by atoms with Crippen LogP contribution in [-0.4, -0.2) is 5.16 Å². The molecule has 0 aromatic rings. The van der Waals surface area contributed by atoms with E-state index in [0.717, 1.165) is 0 Å². The van der Waals surface area contributed by atoms with Crippen molar-refractivity contribution in [1.82, 2.24) is 0 Å². The summed E-state index contributed by atoms with van der Waals surface area (Å²) < 4.78 is 0. The maximum absolute atomic E-state index is 3.11. The normalized spacial score (nSPS) is 12.0. The van der Waals surface area contributed by atoms with Crippen LogP contribution in [0.25, 0.3) is 0 Å². The van der Waals surface area contributed by atoms with Gasteiger partial charge in [0, 0.05) is 0 Å². The first-order chi connectivity index (χ1) is 10.2. The predicted molar refractivity (Wildman–Crippen MR) is 103 cm³/mol. The summed E-state index contributed by atoms with van der Waals surface area (Å²) in [6.07, 6.45) is 23.0. The van der Waals surface area contributed by atoms with E-state index in [0.29, 0.717) is 5.16 Å². The van der Waals surface area contributed by atoms with Crippen LogP contribution < -0.4 is 0 Å². The van der Waals surface area contributed by atoms with Gasteiger partial charge >= 0.3 is 0 Å². The fraction of sp³-hybridized carbons (Fsp3) is 1.00. The van der Waals surface area contributed by atoms with Crippen molar-refractivity contribution in [2.45, 2.75) is 129 Å². The zero-order valence-electron chi connectivity index (χ0n) is 15.4. The second-order valence-corrected chi connectivity index (χ2v) is 8.29. The van der Waals surface area contributed by atoms with Gasteiger partial charge in [-0.15, -0.1) is 9.24 Å². The first-order valence-electron chi connectivity index (χ1n) is 9.97. The minimum absolute atomic E-state index is 0.539. The Morgan fingerprint density at radius 2 is 0.857 bits per heavy atom. The number of hydrogen-bond acceptors (Lipinski definition) is 0. The van der Waals surface area contributed by atoms with Crippen LogP contribution in [0.5, 0.6) is 0 Å². The quantitative estimate of drug-likeness (QED) is 0.200. The highest BCUT2D eigenvalue weighted by molar-refractivity contribution is 7.18. The molecular weight excluding hydrogens is 271 g/mol. The number of rotatable bonds is 16. The monoisotopic (exact) mass is 314 g/mol. The summed E-state index contributed by atoms with van der Waals surface area (Å²) in [5.74, 6) is 0. The van der Waals surface area contributed by atoms with Crippen molar-refractivity contribution >= 4 is 9.24 Å². The lowest BCUT2D eigenvalue weighted by Gasteiger charge is -2.26. The molecule has 0 aliphatic rings. The molecule has 1 unspecified atom stereocenters. The second kappa shape index (κ2) is 15.3. The molecule has 0 heterocycles. The lowest BCUT2D eigenvalue weighted by Crippen LogP contribution is -2.17. The lowest BCUT2D eigenvalue weighted by atomic mass is 9.94. The Bertz CT molecular complexity index is 196. The molecule has 128 valence electrons. The van der Waals surface area contributed by atoms with Crippen LogP contribution in [0.15, 0.2) is 0 Å². The number of hydrogen-bond donors (Lipinski definition) is 0. The van der Waals surface area contributed by atoms with E-state index in [1.165, 1.54) is 103 Å². The molecule has 0 aliphatic heterocycles. The van der Waals surface area contributed by atoms with Gasteiger partial charge in [-0.2, -0.15) is 0 Å². The van der Waals surface area contributed by atoms with Gasteiger partial charge in [-0.25, -0.2) is 0 Å². The fourth-order valence-corrected chi connectivity index (χ4v) is 3.30. The lowest BCUT2D eigenvalue weighted by molar-refractivity contribution is 0.465. The molecule has 0 amide bonds. The molecule has 0 fully saturated rings. The summed E-state index contributed by atoms with van der Waals surface area (Å²) in [5.41, 5.74) is 0. The van der Waals surface area contributed by atoms with Crippen molar-refractivity contribution in [1.29, 1.82) is 0 Å². The smallest absolute Gasteiger partial charge is 0.0155 e. The van der Waals surface area contributed by atoms with E-state index in [4.69, 9.17) is 0 Å². The van der Waals surface area contributed by atoms with E-state index in [9.17, 15) is 0 Å². The molecule has 0 aliphatic carbocycles. The summed E-state index contributed by atoms with van der Waals surface area (Å²) in [4.78, 5) is 0. The van der Waals surface area contributed by atoms with Gasteiger partial charge in [0.05, 0.1) is 0 Å². The van der Waals surface area contributed by atoms with E-state index in [1.54, 1.807) is 0 Å². The van der Waals surface area contributed by atoms with Gasteiger partial charge in [0.25, 0.3) is 0 Å².